The van der Waals surface area contributed by atoms with E-state index in [1.54, 1.807) is 45.0 Å². The van der Waals surface area contributed by atoms with E-state index in [0.717, 1.165) is 0 Å². The van der Waals surface area contributed by atoms with Crippen LogP contribution in [0.25, 0.3) is 0 Å². The Balaban J connectivity index is 2.65. The Morgan fingerprint density at radius 3 is 2.32 bits per heavy atom. The Hall–Kier alpha value is -2.44. The fourth-order valence-electron chi connectivity index (χ4n) is 1.54. The summed E-state index contributed by atoms with van der Waals surface area (Å²) >= 11 is 0. The van der Waals surface area contributed by atoms with Crippen molar-refractivity contribution in [2.75, 3.05) is 13.7 Å². The van der Waals surface area contributed by atoms with Gasteiger partial charge in [-0.3, -0.25) is 0 Å². The molecule has 0 aromatic heterocycles. The Labute approximate surface area is 129 Å². The van der Waals surface area contributed by atoms with Gasteiger partial charge in [0.05, 0.1) is 7.11 Å². The molecular formula is C15H21NO6. The number of rotatable bonds is 6. The highest BCUT2D eigenvalue weighted by atomic mass is 16.6. The third-order valence-electron chi connectivity index (χ3n) is 2.46. The zero-order valence-electron chi connectivity index (χ0n) is 13.1. The van der Waals surface area contributed by atoms with Crippen molar-refractivity contribution in [3.05, 3.63) is 24.3 Å². The summed E-state index contributed by atoms with van der Waals surface area (Å²) in [5.74, 6) is -0.355. The predicted molar refractivity (Wildman–Crippen MR) is 79.3 cm³/mol. The van der Waals surface area contributed by atoms with Gasteiger partial charge in [-0.2, -0.15) is 0 Å². The van der Waals surface area contributed by atoms with Gasteiger partial charge in [0.1, 0.15) is 12.2 Å². The minimum absolute atomic E-state index is 0.255. The SMILES string of the molecule is COc1ccccc1OC[C@@H](NC(=O)OC(C)(C)C)C(=O)O. The van der Waals surface area contributed by atoms with Gasteiger partial charge in [-0.25, -0.2) is 9.59 Å². The second-order valence-corrected chi connectivity index (χ2v) is 5.50. The van der Waals surface area contributed by atoms with Crippen molar-refractivity contribution in [1.29, 1.82) is 0 Å². The molecule has 1 aromatic carbocycles. The molecule has 0 saturated carbocycles. The normalized spacial score (nSPS) is 12.2. The first kappa shape index (κ1) is 17.6. The predicted octanol–water partition coefficient (Wildman–Crippen LogP) is 2.05. The van der Waals surface area contributed by atoms with Gasteiger partial charge in [-0.1, -0.05) is 12.1 Å². The highest BCUT2D eigenvalue weighted by molar-refractivity contribution is 5.80. The number of alkyl carbamates (subject to hydrolysis) is 1. The first-order chi connectivity index (χ1) is 10.2. The molecule has 0 bridgehead atoms. The molecule has 1 amide bonds. The minimum Gasteiger partial charge on any atom is -0.493 e. The molecule has 1 aromatic rings. The van der Waals surface area contributed by atoms with Crippen LogP contribution < -0.4 is 14.8 Å². The van der Waals surface area contributed by atoms with E-state index in [0.29, 0.717) is 11.5 Å². The zero-order chi connectivity index (χ0) is 16.8. The summed E-state index contributed by atoms with van der Waals surface area (Å²) in [5, 5.41) is 11.4. The van der Waals surface area contributed by atoms with E-state index >= 15 is 0 Å². The van der Waals surface area contributed by atoms with Gasteiger partial charge in [0.15, 0.2) is 17.5 Å². The average Bonchev–Trinajstić information content (AvgIpc) is 2.41. The van der Waals surface area contributed by atoms with Gasteiger partial charge in [-0.15, -0.1) is 0 Å². The number of benzene rings is 1. The van der Waals surface area contributed by atoms with E-state index in [1.807, 2.05) is 0 Å². The maximum absolute atomic E-state index is 11.6. The third kappa shape index (κ3) is 5.90. The van der Waals surface area contributed by atoms with Crippen molar-refractivity contribution in [1.82, 2.24) is 5.32 Å². The Kier molecular flexibility index (Phi) is 6.03. The van der Waals surface area contributed by atoms with Crippen molar-refractivity contribution in [2.24, 2.45) is 0 Å². The van der Waals surface area contributed by atoms with E-state index in [9.17, 15) is 9.59 Å². The first-order valence-electron chi connectivity index (χ1n) is 6.71. The first-order valence-corrected chi connectivity index (χ1v) is 6.71. The van der Waals surface area contributed by atoms with Gasteiger partial charge in [-0.05, 0) is 32.9 Å². The van der Waals surface area contributed by atoms with Gasteiger partial charge < -0.3 is 24.6 Å². The summed E-state index contributed by atoms with van der Waals surface area (Å²) in [6.45, 7) is 4.81. The summed E-state index contributed by atoms with van der Waals surface area (Å²) in [6, 6.07) is 5.59. The Bertz CT molecular complexity index is 523. The molecule has 0 radical (unpaired) electrons. The summed E-state index contributed by atoms with van der Waals surface area (Å²) in [5.41, 5.74) is -0.712. The van der Waals surface area contributed by atoms with E-state index in [2.05, 4.69) is 5.32 Å². The third-order valence-corrected chi connectivity index (χ3v) is 2.46. The molecule has 0 unspecified atom stereocenters. The average molecular weight is 311 g/mol. The van der Waals surface area contributed by atoms with Crippen molar-refractivity contribution in [3.8, 4) is 11.5 Å². The van der Waals surface area contributed by atoms with Crippen LogP contribution in [0.4, 0.5) is 4.79 Å². The highest BCUT2D eigenvalue weighted by Gasteiger charge is 2.24. The Morgan fingerprint density at radius 1 is 1.23 bits per heavy atom. The van der Waals surface area contributed by atoms with Gasteiger partial charge in [0.2, 0.25) is 0 Å². The molecule has 0 aliphatic heterocycles. The number of amides is 1. The van der Waals surface area contributed by atoms with Crippen molar-refractivity contribution < 1.29 is 28.9 Å². The lowest BCUT2D eigenvalue weighted by Crippen LogP contribution is -2.46. The molecule has 0 saturated heterocycles. The Morgan fingerprint density at radius 2 is 1.82 bits per heavy atom. The number of para-hydroxylation sites is 2. The molecule has 0 aliphatic rings. The van der Waals surface area contributed by atoms with Crippen LogP contribution in [0.5, 0.6) is 11.5 Å². The van der Waals surface area contributed by atoms with E-state index in [1.165, 1.54) is 7.11 Å². The largest absolute Gasteiger partial charge is 0.493 e. The maximum Gasteiger partial charge on any atom is 0.408 e. The minimum atomic E-state index is -1.24. The van der Waals surface area contributed by atoms with Crippen molar-refractivity contribution in [3.63, 3.8) is 0 Å². The standard InChI is InChI=1S/C15H21NO6/c1-15(2,3)22-14(19)16-10(13(17)18)9-21-12-8-6-5-7-11(12)20-4/h5-8,10H,9H2,1-4H3,(H,16,19)(H,17,18)/t10-/m1/s1. The molecule has 1 atom stereocenters. The van der Waals surface area contributed by atoms with Crippen LogP contribution in [-0.2, 0) is 9.53 Å². The molecule has 0 aliphatic carbocycles. The molecule has 122 valence electrons. The van der Waals surface area contributed by atoms with Crippen LogP contribution in [0.2, 0.25) is 0 Å². The lowest BCUT2D eigenvalue weighted by molar-refractivity contribution is -0.140. The van der Waals surface area contributed by atoms with Gasteiger partial charge in [0, 0.05) is 0 Å². The molecular weight excluding hydrogens is 290 g/mol. The summed E-state index contributed by atoms with van der Waals surface area (Å²) in [6.07, 6.45) is -0.816. The van der Waals surface area contributed by atoms with Crippen LogP contribution >= 0.6 is 0 Å². The number of ether oxygens (including phenoxy) is 3. The highest BCUT2D eigenvalue weighted by Crippen LogP contribution is 2.25. The van der Waals surface area contributed by atoms with Crippen LogP contribution in [0, 0.1) is 0 Å². The van der Waals surface area contributed by atoms with Gasteiger partial charge >= 0.3 is 12.1 Å². The van der Waals surface area contributed by atoms with Gasteiger partial charge in [0.25, 0.3) is 0 Å². The summed E-state index contributed by atoms with van der Waals surface area (Å²) in [4.78, 5) is 22.8. The smallest absolute Gasteiger partial charge is 0.408 e. The molecule has 0 spiro atoms. The summed E-state index contributed by atoms with van der Waals surface area (Å²) in [7, 11) is 1.48. The molecule has 0 heterocycles. The lowest BCUT2D eigenvalue weighted by Gasteiger charge is -2.22. The van der Waals surface area contributed by atoms with Crippen LogP contribution in [0.15, 0.2) is 24.3 Å². The number of carboxylic acids is 1. The fraction of sp³-hybridized carbons (Fsp3) is 0.467. The van der Waals surface area contributed by atoms with E-state index in [4.69, 9.17) is 19.3 Å². The zero-order valence-corrected chi connectivity index (χ0v) is 13.1. The summed E-state index contributed by atoms with van der Waals surface area (Å²) < 4.78 is 15.5. The number of carbonyl (C=O) groups is 2. The number of nitrogens with one attached hydrogen (secondary N) is 1. The number of aliphatic carboxylic acids is 1. The number of carboxylic acid groups (broad SMARTS) is 1. The van der Waals surface area contributed by atoms with Crippen molar-refractivity contribution in [2.45, 2.75) is 32.4 Å². The van der Waals surface area contributed by atoms with Crippen molar-refractivity contribution >= 4 is 12.1 Å². The molecule has 1 rings (SSSR count). The van der Waals surface area contributed by atoms with E-state index in [-0.39, 0.29) is 6.61 Å². The number of hydrogen-bond donors (Lipinski definition) is 2. The van der Waals surface area contributed by atoms with E-state index < -0.39 is 23.7 Å². The maximum atomic E-state index is 11.6. The monoisotopic (exact) mass is 311 g/mol. The second-order valence-electron chi connectivity index (χ2n) is 5.50. The lowest BCUT2D eigenvalue weighted by atomic mass is 10.2. The van der Waals surface area contributed by atoms with Crippen LogP contribution in [0.1, 0.15) is 20.8 Å². The van der Waals surface area contributed by atoms with Crippen LogP contribution in [-0.4, -0.2) is 42.5 Å². The quantitative estimate of drug-likeness (QED) is 0.835. The number of methoxy groups -OCH3 is 1. The number of hydrogen-bond acceptors (Lipinski definition) is 5. The number of carbonyl (C=O) groups excluding carboxylic acids is 1. The molecule has 22 heavy (non-hydrogen) atoms. The van der Waals surface area contributed by atoms with Crippen LogP contribution in [0.3, 0.4) is 0 Å². The second kappa shape index (κ2) is 7.53. The molecule has 2 N–H and O–H groups in total. The topological polar surface area (TPSA) is 94.1 Å². The molecule has 0 fully saturated rings. The fourth-order valence-corrected chi connectivity index (χ4v) is 1.54. The molecule has 7 heteroatoms. The molecule has 7 nitrogen and oxygen atoms in total.